The monoisotopic (exact) mass is 326 g/mol. The summed E-state index contributed by atoms with van der Waals surface area (Å²) in [5, 5.41) is 8.92. The van der Waals surface area contributed by atoms with Crippen LogP contribution in [0.5, 0.6) is 5.75 Å². The number of nitrogens with zero attached hydrogens (tertiary/aromatic N) is 1. The van der Waals surface area contributed by atoms with Gasteiger partial charge < -0.3 is 15.6 Å². The third kappa shape index (κ3) is 3.93. The number of amidine groups is 1. The van der Waals surface area contributed by atoms with Gasteiger partial charge in [0.15, 0.2) is 0 Å². The lowest BCUT2D eigenvalue weighted by atomic mass is 9.85. The molecule has 0 bridgehead atoms. The van der Waals surface area contributed by atoms with Gasteiger partial charge in [-0.05, 0) is 47.9 Å². The van der Waals surface area contributed by atoms with E-state index < -0.39 is 5.97 Å². The van der Waals surface area contributed by atoms with Gasteiger partial charge in [0.2, 0.25) is 0 Å². The highest BCUT2D eigenvalue weighted by atomic mass is 16.5. The van der Waals surface area contributed by atoms with Crippen molar-refractivity contribution in [2.75, 3.05) is 7.11 Å². The van der Waals surface area contributed by atoms with Crippen molar-refractivity contribution in [3.05, 3.63) is 59.2 Å². The lowest BCUT2D eigenvalue weighted by Crippen LogP contribution is -2.17. The lowest BCUT2D eigenvalue weighted by Gasteiger charge is -2.22. The second-order valence-electron chi connectivity index (χ2n) is 6.51. The molecule has 5 nitrogen and oxygen atoms in total. The Balaban J connectivity index is 2.38. The van der Waals surface area contributed by atoms with E-state index in [9.17, 15) is 4.79 Å². The van der Waals surface area contributed by atoms with E-state index in [0.717, 1.165) is 16.9 Å². The first kappa shape index (κ1) is 17.5. The van der Waals surface area contributed by atoms with E-state index >= 15 is 0 Å². The molecule has 5 heteroatoms. The molecule has 0 aliphatic heterocycles. The van der Waals surface area contributed by atoms with Crippen LogP contribution in [0.4, 0.5) is 5.69 Å². The first-order valence-corrected chi connectivity index (χ1v) is 7.59. The fourth-order valence-corrected chi connectivity index (χ4v) is 2.34. The molecule has 0 unspecified atom stereocenters. The maximum absolute atomic E-state index is 10.9. The molecule has 0 saturated carbocycles. The average Bonchev–Trinajstić information content (AvgIpc) is 2.53. The molecule has 2 aromatic carbocycles. The van der Waals surface area contributed by atoms with Crippen molar-refractivity contribution < 1.29 is 14.6 Å². The van der Waals surface area contributed by atoms with Crippen LogP contribution in [0.25, 0.3) is 0 Å². The van der Waals surface area contributed by atoms with Crippen molar-refractivity contribution in [1.29, 1.82) is 0 Å². The van der Waals surface area contributed by atoms with Crippen molar-refractivity contribution in [3.8, 4) is 5.75 Å². The van der Waals surface area contributed by atoms with E-state index in [1.54, 1.807) is 19.2 Å². The molecule has 2 aromatic rings. The predicted molar refractivity (Wildman–Crippen MR) is 95.5 cm³/mol. The van der Waals surface area contributed by atoms with Gasteiger partial charge in [0.05, 0.1) is 18.4 Å². The summed E-state index contributed by atoms with van der Waals surface area (Å²) in [4.78, 5) is 15.2. The minimum atomic E-state index is -0.969. The van der Waals surface area contributed by atoms with Crippen LogP contribution in [0.1, 0.15) is 42.3 Å². The maximum Gasteiger partial charge on any atom is 0.335 e. The quantitative estimate of drug-likeness (QED) is 0.662. The van der Waals surface area contributed by atoms with E-state index in [4.69, 9.17) is 15.6 Å². The van der Waals surface area contributed by atoms with Crippen LogP contribution in [0.3, 0.4) is 0 Å². The second-order valence-corrected chi connectivity index (χ2v) is 6.51. The van der Waals surface area contributed by atoms with Gasteiger partial charge in [-0.3, -0.25) is 0 Å². The van der Waals surface area contributed by atoms with Gasteiger partial charge in [0.1, 0.15) is 11.6 Å². The third-order valence-corrected chi connectivity index (χ3v) is 3.67. The molecule has 0 spiro atoms. The minimum Gasteiger partial charge on any atom is -0.496 e. The summed E-state index contributed by atoms with van der Waals surface area (Å²) in [6.07, 6.45) is 0. The van der Waals surface area contributed by atoms with Gasteiger partial charge in [-0.25, -0.2) is 9.79 Å². The van der Waals surface area contributed by atoms with Crippen LogP contribution >= 0.6 is 0 Å². The lowest BCUT2D eigenvalue weighted by molar-refractivity contribution is 0.0697. The molecule has 0 radical (unpaired) electrons. The van der Waals surface area contributed by atoms with Crippen LogP contribution in [-0.4, -0.2) is 24.0 Å². The zero-order valence-electron chi connectivity index (χ0n) is 14.3. The van der Waals surface area contributed by atoms with Crippen LogP contribution in [0.15, 0.2) is 47.5 Å². The molecule has 0 heterocycles. The summed E-state index contributed by atoms with van der Waals surface area (Å²) in [6, 6.07) is 12.0. The number of hydrogen-bond acceptors (Lipinski definition) is 3. The Morgan fingerprint density at radius 3 is 2.17 bits per heavy atom. The number of carbonyl (C=O) groups is 1. The Bertz CT molecular complexity index is 772. The van der Waals surface area contributed by atoms with Crippen molar-refractivity contribution in [2.24, 2.45) is 10.7 Å². The van der Waals surface area contributed by atoms with E-state index in [1.165, 1.54) is 12.1 Å². The summed E-state index contributed by atoms with van der Waals surface area (Å²) in [5.41, 5.74) is 8.68. The van der Waals surface area contributed by atoms with Gasteiger partial charge >= 0.3 is 5.97 Å². The number of hydrogen-bond donors (Lipinski definition) is 2. The van der Waals surface area contributed by atoms with Crippen molar-refractivity contribution in [1.82, 2.24) is 0 Å². The number of methoxy groups -OCH3 is 1. The van der Waals surface area contributed by atoms with Crippen LogP contribution in [0.2, 0.25) is 0 Å². The molecule has 2 rings (SSSR count). The van der Waals surface area contributed by atoms with Crippen LogP contribution in [0, 0.1) is 0 Å². The van der Waals surface area contributed by atoms with Gasteiger partial charge in [0.25, 0.3) is 0 Å². The molecular weight excluding hydrogens is 304 g/mol. The summed E-state index contributed by atoms with van der Waals surface area (Å²) in [6.45, 7) is 6.31. The SMILES string of the molecule is COc1ccc(C(N)=Nc2ccc(C(=O)O)cc2)cc1C(C)(C)C. The molecule has 0 atom stereocenters. The minimum absolute atomic E-state index is 0.0925. The first-order chi connectivity index (χ1) is 11.2. The summed E-state index contributed by atoms with van der Waals surface area (Å²) < 4.78 is 5.42. The Hall–Kier alpha value is -2.82. The molecule has 24 heavy (non-hydrogen) atoms. The Morgan fingerprint density at radius 1 is 1.08 bits per heavy atom. The second kappa shape index (κ2) is 6.74. The van der Waals surface area contributed by atoms with Crippen molar-refractivity contribution in [3.63, 3.8) is 0 Å². The highest BCUT2D eigenvalue weighted by molar-refractivity contribution is 5.99. The summed E-state index contributed by atoms with van der Waals surface area (Å²) in [5.74, 6) is 0.208. The molecule has 0 aliphatic carbocycles. The molecule has 3 N–H and O–H groups in total. The number of carboxylic acid groups (broad SMARTS) is 1. The zero-order valence-corrected chi connectivity index (χ0v) is 14.3. The van der Waals surface area contributed by atoms with E-state index in [2.05, 4.69) is 25.8 Å². The number of carboxylic acids is 1. The number of aromatic carboxylic acids is 1. The molecular formula is C19H22N2O3. The first-order valence-electron chi connectivity index (χ1n) is 7.59. The highest BCUT2D eigenvalue weighted by Gasteiger charge is 2.19. The number of benzene rings is 2. The average molecular weight is 326 g/mol. The maximum atomic E-state index is 10.9. The van der Waals surface area contributed by atoms with Gasteiger partial charge in [-0.2, -0.15) is 0 Å². The molecule has 0 saturated heterocycles. The molecule has 0 fully saturated rings. The fraction of sp³-hybridized carbons (Fsp3) is 0.263. The summed E-state index contributed by atoms with van der Waals surface area (Å²) in [7, 11) is 1.64. The molecule has 126 valence electrons. The van der Waals surface area contributed by atoms with E-state index in [0.29, 0.717) is 11.5 Å². The fourth-order valence-electron chi connectivity index (χ4n) is 2.34. The number of rotatable bonds is 4. The van der Waals surface area contributed by atoms with Gasteiger partial charge in [-0.1, -0.05) is 20.8 Å². The van der Waals surface area contributed by atoms with E-state index in [1.807, 2.05) is 18.2 Å². The van der Waals surface area contributed by atoms with E-state index in [-0.39, 0.29) is 11.0 Å². The predicted octanol–water partition coefficient (Wildman–Crippen LogP) is 3.73. The van der Waals surface area contributed by atoms with Crippen LogP contribution < -0.4 is 10.5 Å². The molecule has 0 amide bonds. The Labute approximate surface area is 141 Å². The Kier molecular flexibility index (Phi) is 4.93. The number of ether oxygens (including phenoxy) is 1. The molecule has 0 aliphatic rings. The summed E-state index contributed by atoms with van der Waals surface area (Å²) >= 11 is 0. The number of aliphatic imine (C=N–C) groups is 1. The Morgan fingerprint density at radius 2 is 1.67 bits per heavy atom. The molecule has 0 aromatic heterocycles. The van der Waals surface area contributed by atoms with Gasteiger partial charge in [0, 0.05) is 11.1 Å². The highest BCUT2D eigenvalue weighted by Crippen LogP contribution is 2.32. The normalized spacial score (nSPS) is 12.1. The smallest absolute Gasteiger partial charge is 0.335 e. The van der Waals surface area contributed by atoms with Crippen molar-refractivity contribution >= 4 is 17.5 Å². The van der Waals surface area contributed by atoms with Crippen LogP contribution in [-0.2, 0) is 5.41 Å². The van der Waals surface area contributed by atoms with Crippen molar-refractivity contribution in [2.45, 2.75) is 26.2 Å². The standard InChI is InChI=1S/C19H22N2O3/c1-19(2,3)15-11-13(7-10-16(15)24-4)17(20)21-14-8-5-12(6-9-14)18(22)23/h5-11H,1-4H3,(H2,20,21)(H,22,23). The largest absolute Gasteiger partial charge is 0.496 e. The number of nitrogens with two attached hydrogens (primary N) is 1. The van der Waals surface area contributed by atoms with Gasteiger partial charge in [-0.15, -0.1) is 0 Å². The third-order valence-electron chi connectivity index (χ3n) is 3.67. The topological polar surface area (TPSA) is 84.9 Å². The zero-order chi connectivity index (χ0) is 17.9.